The number of piperidine rings is 1. The Balaban J connectivity index is 1.93. The van der Waals surface area contributed by atoms with Gasteiger partial charge in [0.25, 0.3) is 0 Å². The van der Waals surface area contributed by atoms with Crippen LogP contribution in [0, 0.1) is 0 Å². The average molecular weight is 275 g/mol. The van der Waals surface area contributed by atoms with Crippen LogP contribution in [0.2, 0.25) is 0 Å². The minimum absolute atomic E-state index is 0.0385. The Labute approximate surface area is 121 Å². The van der Waals surface area contributed by atoms with Gasteiger partial charge in [-0.2, -0.15) is 0 Å². The second-order valence-corrected chi connectivity index (χ2v) is 5.75. The Kier molecular flexibility index (Phi) is 5.15. The van der Waals surface area contributed by atoms with E-state index < -0.39 is 6.04 Å². The molecular formula is C16H25N3O. The first-order chi connectivity index (χ1) is 9.58. The van der Waals surface area contributed by atoms with Gasteiger partial charge in [0.15, 0.2) is 0 Å². The first-order valence-electron chi connectivity index (χ1n) is 7.36. The fourth-order valence-corrected chi connectivity index (χ4v) is 2.83. The molecular weight excluding hydrogens is 250 g/mol. The third kappa shape index (κ3) is 3.81. The summed E-state index contributed by atoms with van der Waals surface area (Å²) in [6.45, 7) is 4.75. The Morgan fingerprint density at radius 3 is 2.80 bits per heavy atom. The average Bonchev–Trinajstić information content (AvgIpc) is 2.47. The second kappa shape index (κ2) is 6.86. The molecule has 1 amide bonds. The van der Waals surface area contributed by atoms with E-state index in [9.17, 15) is 4.79 Å². The minimum atomic E-state index is -0.413. The molecule has 0 radical (unpaired) electrons. The molecule has 1 heterocycles. The van der Waals surface area contributed by atoms with Crippen LogP contribution in [0.4, 0.5) is 0 Å². The summed E-state index contributed by atoms with van der Waals surface area (Å²) in [6.07, 6.45) is 2.20. The number of rotatable bonds is 4. The maximum absolute atomic E-state index is 12.0. The minimum Gasteiger partial charge on any atom is -0.340 e. The topological polar surface area (TPSA) is 49.6 Å². The van der Waals surface area contributed by atoms with Gasteiger partial charge in [0, 0.05) is 26.2 Å². The van der Waals surface area contributed by atoms with Gasteiger partial charge in [-0.3, -0.25) is 9.69 Å². The van der Waals surface area contributed by atoms with Gasteiger partial charge in [0.2, 0.25) is 5.91 Å². The largest absolute Gasteiger partial charge is 0.340 e. The van der Waals surface area contributed by atoms with Gasteiger partial charge >= 0.3 is 0 Å². The van der Waals surface area contributed by atoms with E-state index in [1.165, 1.54) is 5.56 Å². The van der Waals surface area contributed by atoms with Crippen LogP contribution < -0.4 is 5.73 Å². The lowest BCUT2D eigenvalue weighted by Gasteiger charge is -2.38. The molecule has 1 fully saturated rings. The Morgan fingerprint density at radius 2 is 2.15 bits per heavy atom. The van der Waals surface area contributed by atoms with Crippen LogP contribution in [-0.2, 0) is 11.3 Å². The van der Waals surface area contributed by atoms with Crippen molar-refractivity contribution in [3.63, 3.8) is 0 Å². The van der Waals surface area contributed by atoms with Crippen molar-refractivity contribution in [2.75, 3.05) is 20.1 Å². The molecule has 0 unspecified atom stereocenters. The standard InChI is InChI=1S/C16H25N3O/c1-13(17)16(20)18(2)15-9-6-10-19(12-15)11-14-7-4-3-5-8-14/h3-5,7-8,13,15H,6,9-12,17H2,1-2H3/t13-,15+/m0/s1. The number of carbonyl (C=O) groups excluding carboxylic acids is 1. The van der Waals surface area contributed by atoms with Crippen LogP contribution in [0.15, 0.2) is 30.3 Å². The van der Waals surface area contributed by atoms with Crippen molar-refractivity contribution in [1.29, 1.82) is 0 Å². The second-order valence-electron chi connectivity index (χ2n) is 5.75. The number of likely N-dealkylation sites (N-methyl/N-ethyl adjacent to an activating group) is 1. The molecule has 4 heteroatoms. The van der Waals surface area contributed by atoms with E-state index in [1.54, 1.807) is 6.92 Å². The zero-order valence-electron chi connectivity index (χ0n) is 12.5. The van der Waals surface area contributed by atoms with Crippen molar-refractivity contribution < 1.29 is 4.79 Å². The third-order valence-electron chi connectivity index (χ3n) is 4.01. The highest BCUT2D eigenvalue weighted by Crippen LogP contribution is 2.17. The summed E-state index contributed by atoms with van der Waals surface area (Å²) in [5, 5.41) is 0. The molecule has 20 heavy (non-hydrogen) atoms. The number of hydrogen-bond acceptors (Lipinski definition) is 3. The normalized spacial score (nSPS) is 21.4. The van der Waals surface area contributed by atoms with Crippen LogP contribution in [0.25, 0.3) is 0 Å². The van der Waals surface area contributed by atoms with Gasteiger partial charge < -0.3 is 10.6 Å². The van der Waals surface area contributed by atoms with Crippen molar-refractivity contribution in [1.82, 2.24) is 9.80 Å². The summed E-state index contributed by atoms with van der Waals surface area (Å²) < 4.78 is 0. The predicted octanol–water partition coefficient (Wildman–Crippen LogP) is 1.46. The van der Waals surface area contributed by atoms with Crippen LogP contribution in [0.3, 0.4) is 0 Å². The van der Waals surface area contributed by atoms with E-state index in [2.05, 4.69) is 29.2 Å². The lowest BCUT2D eigenvalue weighted by molar-refractivity contribution is -0.134. The summed E-state index contributed by atoms with van der Waals surface area (Å²) in [5.41, 5.74) is 7.02. The van der Waals surface area contributed by atoms with Gasteiger partial charge in [-0.05, 0) is 31.9 Å². The maximum atomic E-state index is 12.0. The van der Waals surface area contributed by atoms with Crippen molar-refractivity contribution in [3.8, 4) is 0 Å². The number of benzene rings is 1. The summed E-state index contributed by atoms with van der Waals surface area (Å²) in [4.78, 5) is 16.2. The van der Waals surface area contributed by atoms with Crippen molar-refractivity contribution >= 4 is 5.91 Å². The lowest BCUT2D eigenvalue weighted by Crippen LogP contribution is -2.51. The Morgan fingerprint density at radius 1 is 1.45 bits per heavy atom. The molecule has 1 aliphatic heterocycles. The summed E-state index contributed by atoms with van der Waals surface area (Å²) in [7, 11) is 1.88. The van der Waals surface area contributed by atoms with E-state index in [-0.39, 0.29) is 11.9 Å². The first-order valence-corrected chi connectivity index (χ1v) is 7.36. The van der Waals surface area contributed by atoms with Gasteiger partial charge in [-0.15, -0.1) is 0 Å². The van der Waals surface area contributed by atoms with Crippen LogP contribution in [0.1, 0.15) is 25.3 Å². The number of carbonyl (C=O) groups is 1. The zero-order valence-corrected chi connectivity index (χ0v) is 12.5. The van der Waals surface area contributed by atoms with Gasteiger partial charge in [0.05, 0.1) is 6.04 Å². The molecule has 0 spiro atoms. The number of amides is 1. The van der Waals surface area contributed by atoms with Crippen molar-refractivity contribution in [2.45, 2.75) is 38.4 Å². The molecule has 0 bridgehead atoms. The molecule has 1 aromatic carbocycles. The maximum Gasteiger partial charge on any atom is 0.239 e. The number of nitrogens with zero attached hydrogens (tertiary/aromatic N) is 2. The zero-order chi connectivity index (χ0) is 14.5. The van der Waals surface area contributed by atoms with Gasteiger partial charge in [0.1, 0.15) is 0 Å². The number of likely N-dealkylation sites (tertiary alicyclic amines) is 1. The molecule has 0 aromatic heterocycles. The van der Waals surface area contributed by atoms with E-state index >= 15 is 0 Å². The summed E-state index contributed by atoms with van der Waals surface area (Å²) >= 11 is 0. The molecule has 1 aromatic rings. The van der Waals surface area contributed by atoms with E-state index in [0.717, 1.165) is 32.5 Å². The fourth-order valence-electron chi connectivity index (χ4n) is 2.83. The van der Waals surface area contributed by atoms with E-state index in [4.69, 9.17) is 5.73 Å². The quantitative estimate of drug-likeness (QED) is 0.905. The van der Waals surface area contributed by atoms with Crippen molar-refractivity contribution in [2.24, 2.45) is 5.73 Å². The molecule has 2 atom stereocenters. The van der Waals surface area contributed by atoms with E-state index in [1.807, 2.05) is 18.0 Å². The van der Waals surface area contributed by atoms with Crippen LogP contribution in [0.5, 0.6) is 0 Å². The highest BCUT2D eigenvalue weighted by atomic mass is 16.2. The molecule has 1 aliphatic rings. The highest BCUT2D eigenvalue weighted by molar-refractivity contribution is 5.81. The summed E-state index contributed by atoms with van der Waals surface area (Å²) in [5.74, 6) is 0.0385. The van der Waals surface area contributed by atoms with E-state index in [0.29, 0.717) is 0 Å². The van der Waals surface area contributed by atoms with Crippen LogP contribution >= 0.6 is 0 Å². The molecule has 110 valence electrons. The molecule has 0 saturated carbocycles. The third-order valence-corrected chi connectivity index (χ3v) is 4.01. The molecule has 4 nitrogen and oxygen atoms in total. The Hall–Kier alpha value is -1.39. The predicted molar refractivity (Wildman–Crippen MR) is 81.2 cm³/mol. The molecule has 0 aliphatic carbocycles. The smallest absolute Gasteiger partial charge is 0.239 e. The molecule has 2 N–H and O–H groups in total. The van der Waals surface area contributed by atoms with Crippen molar-refractivity contribution in [3.05, 3.63) is 35.9 Å². The monoisotopic (exact) mass is 275 g/mol. The fraction of sp³-hybridized carbons (Fsp3) is 0.562. The van der Waals surface area contributed by atoms with Crippen LogP contribution in [-0.4, -0.2) is 47.9 Å². The van der Waals surface area contributed by atoms with Gasteiger partial charge in [-0.1, -0.05) is 30.3 Å². The molecule has 1 saturated heterocycles. The highest BCUT2D eigenvalue weighted by Gasteiger charge is 2.27. The number of nitrogens with two attached hydrogens (primary N) is 1. The summed E-state index contributed by atoms with van der Waals surface area (Å²) in [6, 6.07) is 10.4. The number of hydrogen-bond donors (Lipinski definition) is 1. The van der Waals surface area contributed by atoms with Gasteiger partial charge in [-0.25, -0.2) is 0 Å². The Bertz CT molecular complexity index is 433. The first kappa shape index (κ1) is 15.0. The SMILES string of the molecule is C[C@H](N)C(=O)N(C)[C@@H]1CCCN(Cc2ccccc2)C1. The molecule has 2 rings (SSSR count). The lowest BCUT2D eigenvalue weighted by atomic mass is 10.0.